The van der Waals surface area contributed by atoms with Crippen molar-refractivity contribution < 1.29 is 4.74 Å². The summed E-state index contributed by atoms with van der Waals surface area (Å²) in [5, 5.41) is 0. The molecule has 0 saturated heterocycles. The Balaban J connectivity index is 3.11. The van der Waals surface area contributed by atoms with Crippen LogP contribution in [0.1, 0.15) is 51.0 Å². The van der Waals surface area contributed by atoms with Crippen LogP contribution in [0.5, 0.6) is 0 Å². The number of hydrogen-bond donors (Lipinski definition) is 1. The van der Waals surface area contributed by atoms with Crippen LogP contribution in [0.15, 0.2) is 6.07 Å². The molecule has 1 atom stereocenters. The molecule has 0 aliphatic rings. The second-order valence-corrected chi connectivity index (χ2v) is 5.60. The summed E-state index contributed by atoms with van der Waals surface area (Å²) >= 11 is 0. The van der Waals surface area contributed by atoms with Gasteiger partial charge in [0.1, 0.15) is 6.10 Å². The zero-order chi connectivity index (χ0) is 13.8. The average Bonchev–Trinajstić information content (AvgIpc) is 2.23. The normalized spacial score (nSPS) is 13.7. The van der Waals surface area contributed by atoms with Crippen molar-refractivity contribution in [2.24, 2.45) is 11.1 Å². The first-order valence-corrected chi connectivity index (χ1v) is 6.54. The molecule has 1 heterocycles. The van der Waals surface area contributed by atoms with Gasteiger partial charge in [-0.15, -0.1) is 0 Å². The molecule has 1 rings (SSSR count). The predicted molar refractivity (Wildman–Crippen MR) is 73.3 cm³/mol. The molecule has 18 heavy (non-hydrogen) atoms. The third kappa shape index (κ3) is 4.03. The molecule has 0 aliphatic carbocycles. The highest BCUT2D eigenvalue weighted by Gasteiger charge is 2.29. The first kappa shape index (κ1) is 15.1. The van der Waals surface area contributed by atoms with E-state index in [9.17, 15) is 0 Å². The maximum Gasteiger partial charge on any atom is 0.158 e. The molecule has 1 unspecified atom stereocenters. The van der Waals surface area contributed by atoms with Crippen molar-refractivity contribution in [1.29, 1.82) is 0 Å². The summed E-state index contributed by atoms with van der Waals surface area (Å²) in [6.45, 7) is 11.7. The maximum atomic E-state index is 5.82. The summed E-state index contributed by atoms with van der Waals surface area (Å²) in [6.07, 6.45) is 0.693. The van der Waals surface area contributed by atoms with Gasteiger partial charge in [0, 0.05) is 24.4 Å². The summed E-state index contributed by atoms with van der Waals surface area (Å²) in [4.78, 5) is 9.12. The molecule has 0 radical (unpaired) electrons. The van der Waals surface area contributed by atoms with Gasteiger partial charge in [-0.1, -0.05) is 20.8 Å². The number of nitrogens with zero attached hydrogens (tertiary/aromatic N) is 2. The highest BCUT2D eigenvalue weighted by atomic mass is 16.5. The van der Waals surface area contributed by atoms with Crippen LogP contribution >= 0.6 is 0 Å². The zero-order valence-electron chi connectivity index (χ0n) is 12.2. The van der Waals surface area contributed by atoms with Crippen LogP contribution in [-0.4, -0.2) is 23.1 Å². The summed E-state index contributed by atoms with van der Waals surface area (Å²) in [7, 11) is 0. The second kappa shape index (κ2) is 6.25. The van der Waals surface area contributed by atoms with Gasteiger partial charge in [0.2, 0.25) is 0 Å². The molecule has 1 aromatic rings. The first-order chi connectivity index (χ1) is 8.38. The monoisotopic (exact) mass is 251 g/mol. The quantitative estimate of drug-likeness (QED) is 0.873. The summed E-state index contributed by atoms with van der Waals surface area (Å²) in [5.41, 5.74) is 7.53. The van der Waals surface area contributed by atoms with Crippen molar-refractivity contribution in [2.45, 2.75) is 47.1 Å². The summed E-state index contributed by atoms with van der Waals surface area (Å²) in [6, 6.07) is 1.99. The number of nitrogens with two attached hydrogens (primary N) is 1. The van der Waals surface area contributed by atoms with E-state index in [1.807, 2.05) is 19.9 Å². The van der Waals surface area contributed by atoms with Gasteiger partial charge in [0.05, 0.1) is 0 Å². The minimum atomic E-state index is -0.0843. The molecule has 0 fully saturated rings. The molecule has 4 nitrogen and oxygen atoms in total. The largest absolute Gasteiger partial charge is 0.370 e. The number of ether oxygens (including phenoxy) is 1. The Morgan fingerprint density at radius 3 is 2.50 bits per heavy atom. The fraction of sp³-hybridized carbons (Fsp3) is 0.714. The molecule has 102 valence electrons. The lowest BCUT2D eigenvalue weighted by Crippen LogP contribution is -2.24. The Morgan fingerprint density at radius 2 is 2.00 bits per heavy atom. The van der Waals surface area contributed by atoms with Gasteiger partial charge < -0.3 is 10.5 Å². The van der Waals surface area contributed by atoms with Crippen LogP contribution in [0, 0.1) is 12.3 Å². The van der Waals surface area contributed by atoms with Crippen LogP contribution < -0.4 is 5.73 Å². The fourth-order valence-electron chi connectivity index (χ4n) is 1.93. The zero-order valence-corrected chi connectivity index (χ0v) is 12.2. The van der Waals surface area contributed by atoms with Gasteiger partial charge in [0.15, 0.2) is 5.82 Å². The summed E-state index contributed by atoms with van der Waals surface area (Å²) in [5.74, 6) is 0.771. The molecule has 0 amide bonds. The van der Waals surface area contributed by atoms with Gasteiger partial charge in [-0.05, 0) is 31.9 Å². The molecule has 0 bridgehead atoms. The molecule has 0 saturated carbocycles. The van der Waals surface area contributed by atoms with Crippen LogP contribution in [0.3, 0.4) is 0 Å². The lowest BCUT2D eigenvalue weighted by Gasteiger charge is -2.29. The Kier molecular flexibility index (Phi) is 5.23. The SMILES string of the molecule is CCOC(c1nc(C)cc(CCN)n1)C(C)(C)C. The van der Waals surface area contributed by atoms with Gasteiger partial charge in [-0.25, -0.2) is 9.97 Å². The Morgan fingerprint density at radius 1 is 1.33 bits per heavy atom. The number of aromatic nitrogens is 2. The predicted octanol–water partition coefficient (Wildman–Crippen LogP) is 2.41. The van der Waals surface area contributed by atoms with Crippen molar-refractivity contribution >= 4 is 0 Å². The highest BCUT2D eigenvalue weighted by Crippen LogP contribution is 2.34. The number of hydrogen-bond acceptors (Lipinski definition) is 4. The molecule has 0 spiro atoms. The van der Waals surface area contributed by atoms with Crippen LogP contribution in [0.25, 0.3) is 0 Å². The van der Waals surface area contributed by atoms with Crippen molar-refractivity contribution in [3.63, 3.8) is 0 Å². The standard InChI is InChI=1S/C14H25N3O/c1-6-18-12(14(3,4)5)13-16-10(2)9-11(17-13)7-8-15/h9,12H,6-8,15H2,1-5H3. The highest BCUT2D eigenvalue weighted by molar-refractivity contribution is 5.12. The van der Waals surface area contributed by atoms with Crippen molar-refractivity contribution in [1.82, 2.24) is 9.97 Å². The lowest BCUT2D eigenvalue weighted by molar-refractivity contribution is -0.0193. The van der Waals surface area contributed by atoms with E-state index < -0.39 is 0 Å². The molecule has 4 heteroatoms. The Labute approximate surface area is 110 Å². The number of rotatable bonds is 5. The smallest absolute Gasteiger partial charge is 0.158 e. The van der Waals surface area contributed by atoms with E-state index in [1.165, 1.54) is 0 Å². The van der Waals surface area contributed by atoms with Crippen molar-refractivity contribution in [3.8, 4) is 0 Å². The van der Waals surface area contributed by atoms with E-state index >= 15 is 0 Å². The number of aryl methyl sites for hydroxylation is 1. The third-order valence-electron chi connectivity index (χ3n) is 2.68. The molecular formula is C14H25N3O. The average molecular weight is 251 g/mol. The Bertz CT molecular complexity index is 385. The van der Waals surface area contributed by atoms with Gasteiger partial charge in [-0.3, -0.25) is 0 Å². The lowest BCUT2D eigenvalue weighted by atomic mass is 9.88. The van der Waals surface area contributed by atoms with E-state index in [2.05, 4.69) is 30.7 Å². The first-order valence-electron chi connectivity index (χ1n) is 6.54. The van der Waals surface area contributed by atoms with Crippen molar-refractivity contribution in [3.05, 3.63) is 23.3 Å². The fourth-order valence-corrected chi connectivity index (χ4v) is 1.93. The maximum absolute atomic E-state index is 5.82. The van der Waals surface area contributed by atoms with E-state index in [1.54, 1.807) is 0 Å². The third-order valence-corrected chi connectivity index (χ3v) is 2.68. The van der Waals surface area contributed by atoms with Crippen LogP contribution in [0.4, 0.5) is 0 Å². The van der Waals surface area contributed by atoms with Crippen molar-refractivity contribution in [2.75, 3.05) is 13.2 Å². The van der Waals surface area contributed by atoms with Crippen LogP contribution in [-0.2, 0) is 11.2 Å². The minimum absolute atomic E-state index is 0.0240. The molecular weight excluding hydrogens is 226 g/mol. The minimum Gasteiger partial charge on any atom is -0.370 e. The van der Waals surface area contributed by atoms with Gasteiger partial charge in [-0.2, -0.15) is 0 Å². The molecule has 1 aromatic heterocycles. The topological polar surface area (TPSA) is 61.0 Å². The van der Waals surface area contributed by atoms with E-state index in [0.717, 1.165) is 23.6 Å². The molecule has 2 N–H and O–H groups in total. The Hall–Kier alpha value is -1.00. The van der Waals surface area contributed by atoms with E-state index in [-0.39, 0.29) is 11.5 Å². The van der Waals surface area contributed by atoms with Gasteiger partial charge >= 0.3 is 0 Å². The van der Waals surface area contributed by atoms with E-state index in [4.69, 9.17) is 10.5 Å². The van der Waals surface area contributed by atoms with Gasteiger partial charge in [0.25, 0.3) is 0 Å². The molecule has 0 aromatic carbocycles. The second-order valence-electron chi connectivity index (χ2n) is 5.60. The van der Waals surface area contributed by atoms with Crippen LogP contribution in [0.2, 0.25) is 0 Å². The van der Waals surface area contributed by atoms with E-state index in [0.29, 0.717) is 13.2 Å². The summed E-state index contributed by atoms with van der Waals surface area (Å²) < 4.78 is 5.82. The molecule has 0 aliphatic heterocycles.